The van der Waals surface area contributed by atoms with Crippen LogP contribution in [0.4, 0.5) is 10.5 Å². The minimum absolute atomic E-state index is 0.0675. The number of nitrogens with zero attached hydrogens (tertiary/aromatic N) is 1. The number of rotatable bonds is 10. The average molecular weight is 535 g/mol. The van der Waals surface area contributed by atoms with Crippen LogP contribution in [0.3, 0.4) is 0 Å². The Balaban J connectivity index is 1.38. The summed E-state index contributed by atoms with van der Waals surface area (Å²) in [7, 11) is 4.54. The second-order valence-corrected chi connectivity index (χ2v) is 8.93. The van der Waals surface area contributed by atoms with E-state index in [1.165, 1.54) is 21.3 Å². The van der Waals surface area contributed by atoms with E-state index in [1.54, 1.807) is 12.1 Å². The largest absolute Gasteiger partial charge is 0.493 e. The molecule has 1 heterocycles. The van der Waals surface area contributed by atoms with E-state index in [1.807, 2.05) is 24.3 Å². The number of carbonyl (C=O) groups is 2. The zero-order chi connectivity index (χ0) is 24.5. The third-order valence-electron chi connectivity index (χ3n) is 5.85. The molecule has 9 heteroatoms. The molecule has 3 rings (SSSR count). The van der Waals surface area contributed by atoms with Crippen LogP contribution in [0, 0.1) is 5.92 Å². The number of amides is 1. The Labute approximate surface area is 208 Å². The molecule has 0 spiro atoms. The first-order valence-electron chi connectivity index (χ1n) is 11.2. The first-order chi connectivity index (χ1) is 16.4. The molecule has 0 aromatic heterocycles. The fourth-order valence-electron chi connectivity index (χ4n) is 4.03. The first kappa shape index (κ1) is 25.8. The monoisotopic (exact) mass is 534 g/mol. The number of methoxy groups -OCH3 is 3. The summed E-state index contributed by atoms with van der Waals surface area (Å²) in [6, 6.07) is 10.8. The van der Waals surface area contributed by atoms with Crippen molar-refractivity contribution < 1.29 is 28.5 Å². The molecule has 0 atom stereocenters. The molecule has 184 valence electrons. The van der Waals surface area contributed by atoms with Gasteiger partial charge in [0.2, 0.25) is 5.75 Å². The van der Waals surface area contributed by atoms with Crippen molar-refractivity contribution in [3.8, 4) is 17.2 Å². The number of halogens is 1. The molecule has 2 aromatic rings. The van der Waals surface area contributed by atoms with E-state index >= 15 is 0 Å². The van der Waals surface area contributed by atoms with E-state index in [-0.39, 0.29) is 11.7 Å². The number of piperidine rings is 1. The molecule has 1 saturated heterocycles. The Morgan fingerprint density at radius 1 is 1.00 bits per heavy atom. The van der Waals surface area contributed by atoms with E-state index < -0.39 is 6.09 Å². The van der Waals surface area contributed by atoms with Gasteiger partial charge in [0, 0.05) is 34.6 Å². The summed E-state index contributed by atoms with van der Waals surface area (Å²) in [5, 5.41) is 2.69. The molecule has 0 saturated carbocycles. The molecule has 1 fully saturated rings. The van der Waals surface area contributed by atoms with Gasteiger partial charge in [-0.15, -0.1) is 0 Å². The van der Waals surface area contributed by atoms with E-state index in [0.29, 0.717) is 36.0 Å². The van der Waals surface area contributed by atoms with Crippen molar-refractivity contribution in [2.75, 3.05) is 52.9 Å². The Kier molecular flexibility index (Phi) is 9.59. The van der Waals surface area contributed by atoms with Crippen LogP contribution in [0.2, 0.25) is 0 Å². The lowest BCUT2D eigenvalue weighted by Crippen LogP contribution is -2.37. The first-order valence-corrected chi connectivity index (χ1v) is 12.0. The van der Waals surface area contributed by atoms with Gasteiger partial charge in [0.05, 0.1) is 33.6 Å². The Bertz CT molecular complexity index is 949. The van der Waals surface area contributed by atoms with Gasteiger partial charge >= 0.3 is 6.09 Å². The van der Waals surface area contributed by atoms with Crippen LogP contribution in [0.15, 0.2) is 40.9 Å². The maximum Gasteiger partial charge on any atom is 0.411 e. The number of hydrogen-bond acceptors (Lipinski definition) is 7. The number of hydrogen-bond donors (Lipinski definition) is 1. The second kappa shape index (κ2) is 12.6. The van der Waals surface area contributed by atoms with Gasteiger partial charge < -0.3 is 23.8 Å². The van der Waals surface area contributed by atoms with Crippen LogP contribution < -0.4 is 19.5 Å². The highest BCUT2D eigenvalue weighted by Crippen LogP contribution is 2.39. The third kappa shape index (κ3) is 6.87. The van der Waals surface area contributed by atoms with Crippen molar-refractivity contribution in [3.63, 3.8) is 0 Å². The Morgan fingerprint density at radius 3 is 2.18 bits per heavy atom. The van der Waals surface area contributed by atoms with Crippen LogP contribution in [0.1, 0.15) is 29.6 Å². The SMILES string of the molecule is COc1cc(NC(=O)OCCCN2CCC(C(=O)c3ccc(Br)cc3)CC2)cc(OC)c1OC. The highest BCUT2D eigenvalue weighted by Gasteiger charge is 2.25. The summed E-state index contributed by atoms with van der Waals surface area (Å²) >= 11 is 3.40. The lowest BCUT2D eigenvalue weighted by atomic mass is 9.89. The molecule has 0 bridgehead atoms. The molecule has 34 heavy (non-hydrogen) atoms. The molecule has 1 aliphatic heterocycles. The normalized spacial score (nSPS) is 14.4. The lowest BCUT2D eigenvalue weighted by molar-refractivity contribution is 0.0830. The average Bonchev–Trinajstić information content (AvgIpc) is 2.86. The van der Waals surface area contributed by atoms with Gasteiger partial charge in [0.1, 0.15) is 0 Å². The molecule has 8 nitrogen and oxygen atoms in total. The number of ketones is 1. The predicted molar refractivity (Wildman–Crippen MR) is 133 cm³/mol. The van der Waals surface area contributed by atoms with Crippen molar-refractivity contribution >= 4 is 33.5 Å². The number of benzene rings is 2. The van der Waals surface area contributed by atoms with Crippen molar-refractivity contribution in [2.45, 2.75) is 19.3 Å². The number of likely N-dealkylation sites (tertiary alicyclic amines) is 1. The maximum atomic E-state index is 12.7. The van der Waals surface area contributed by atoms with Gasteiger partial charge in [0.25, 0.3) is 0 Å². The summed E-state index contributed by atoms with van der Waals surface area (Å²) in [5.74, 6) is 1.63. The zero-order valence-corrected chi connectivity index (χ0v) is 21.4. The topological polar surface area (TPSA) is 86.3 Å². The second-order valence-electron chi connectivity index (χ2n) is 8.02. The highest BCUT2D eigenvalue weighted by molar-refractivity contribution is 9.10. The van der Waals surface area contributed by atoms with Crippen molar-refractivity contribution in [3.05, 3.63) is 46.4 Å². The van der Waals surface area contributed by atoms with Crippen molar-refractivity contribution in [1.29, 1.82) is 0 Å². The Hall–Kier alpha value is -2.78. The summed E-state index contributed by atoms with van der Waals surface area (Å²) in [6.45, 7) is 2.85. The molecule has 0 unspecified atom stereocenters. The smallest absolute Gasteiger partial charge is 0.411 e. The quantitative estimate of drug-likeness (QED) is 0.338. The van der Waals surface area contributed by atoms with Crippen LogP contribution in [0.5, 0.6) is 17.2 Å². The van der Waals surface area contributed by atoms with Crippen molar-refractivity contribution in [2.24, 2.45) is 5.92 Å². The molecule has 2 aromatic carbocycles. The van der Waals surface area contributed by atoms with Crippen LogP contribution in [0.25, 0.3) is 0 Å². The third-order valence-corrected chi connectivity index (χ3v) is 6.38. The summed E-state index contributed by atoms with van der Waals surface area (Å²) < 4.78 is 22.2. The summed E-state index contributed by atoms with van der Waals surface area (Å²) in [6.07, 6.45) is 1.86. The van der Waals surface area contributed by atoms with E-state index in [4.69, 9.17) is 18.9 Å². The number of carbonyl (C=O) groups excluding carboxylic acids is 2. The Morgan fingerprint density at radius 2 is 1.62 bits per heavy atom. The molecule has 0 radical (unpaired) electrons. The molecular weight excluding hydrogens is 504 g/mol. The van der Waals surface area contributed by atoms with Crippen LogP contribution in [-0.4, -0.2) is 64.3 Å². The van der Waals surface area contributed by atoms with E-state index in [9.17, 15) is 9.59 Å². The van der Waals surface area contributed by atoms with E-state index in [0.717, 1.165) is 42.5 Å². The number of nitrogens with one attached hydrogen (secondary N) is 1. The minimum atomic E-state index is -0.548. The minimum Gasteiger partial charge on any atom is -0.493 e. The maximum absolute atomic E-state index is 12.7. The zero-order valence-electron chi connectivity index (χ0n) is 19.8. The highest BCUT2D eigenvalue weighted by atomic mass is 79.9. The van der Waals surface area contributed by atoms with Gasteiger partial charge in [-0.05, 0) is 44.5 Å². The van der Waals surface area contributed by atoms with Crippen molar-refractivity contribution in [1.82, 2.24) is 4.90 Å². The molecular formula is C25H31BrN2O6. The predicted octanol–water partition coefficient (Wildman–Crippen LogP) is 5.01. The number of ether oxygens (including phenoxy) is 4. The standard InChI is InChI=1S/C25H31BrN2O6/c1-31-21-15-20(16-22(32-2)24(21)33-3)27-25(30)34-14-4-11-28-12-9-18(10-13-28)23(29)17-5-7-19(26)8-6-17/h5-8,15-16,18H,4,9-14H2,1-3H3,(H,27,30). The summed E-state index contributed by atoms with van der Waals surface area (Å²) in [5.41, 5.74) is 1.25. The molecule has 0 aliphatic carbocycles. The molecule has 1 aliphatic rings. The van der Waals surface area contributed by atoms with Crippen LogP contribution >= 0.6 is 15.9 Å². The van der Waals surface area contributed by atoms with Gasteiger partial charge in [-0.2, -0.15) is 0 Å². The molecule has 1 N–H and O–H groups in total. The fraction of sp³-hybridized carbons (Fsp3) is 0.440. The number of Topliss-reactive ketones (excluding diaryl/α,β-unsaturated/α-hetero) is 1. The van der Waals surface area contributed by atoms with Gasteiger partial charge in [-0.3, -0.25) is 10.1 Å². The van der Waals surface area contributed by atoms with Crippen LogP contribution in [-0.2, 0) is 4.74 Å². The number of anilines is 1. The van der Waals surface area contributed by atoms with Gasteiger partial charge in [-0.25, -0.2) is 4.79 Å². The summed E-state index contributed by atoms with van der Waals surface area (Å²) in [4.78, 5) is 27.2. The van der Waals surface area contributed by atoms with E-state index in [2.05, 4.69) is 26.1 Å². The molecule has 1 amide bonds. The fourth-order valence-corrected chi connectivity index (χ4v) is 4.29. The lowest BCUT2D eigenvalue weighted by Gasteiger charge is -2.31. The van der Waals surface area contributed by atoms with Gasteiger partial charge in [-0.1, -0.05) is 28.1 Å². The van der Waals surface area contributed by atoms with Gasteiger partial charge in [0.15, 0.2) is 17.3 Å².